The maximum absolute atomic E-state index is 12.8. The molecule has 0 saturated heterocycles. The molecule has 0 heterocycles. The van der Waals surface area contributed by atoms with Crippen molar-refractivity contribution >= 4 is 0 Å². The molecule has 0 aromatic carbocycles. The van der Waals surface area contributed by atoms with Crippen LogP contribution in [0.15, 0.2) is 0 Å². The minimum atomic E-state index is -2.39. The van der Waals surface area contributed by atoms with Gasteiger partial charge in [0.25, 0.3) is 23.7 Å². The van der Waals surface area contributed by atoms with Crippen LogP contribution < -0.4 is 0 Å². The van der Waals surface area contributed by atoms with Crippen LogP contribution in [0.1, 0.15) is 132 Å². The molecule has 4 saturated carbocycles. The lowest BCUT2D eigenvalue weighted by Crippen LogP contribution is -2.32. The minimum absolute atomic E-state index is 0.0914. The van der Waals surface area contributed by atoms with Crippen LogP contribution in [0.3, 0.4) is 0 Å². The zero-order chi connectivity index (χ0) is 30.2. The third-order valence-electron chi connectivity index (χ3n) is 9.42. The van der Waals surface area contributed by atoms with Crippen molar-refractivity contribution < 1.29 is 35.1 Å². The van der Waals surface area contributed by atoms with Gasteiger partial charge in [0.2, 0.25) is 0 Å². The lowest BCUT2D eigenvalue weighted by atomic mass is 9.81. The van der Waals surface area contributed by atoms with Crippen LogP contribution in [0.25, 0.3) is 0 Å². The Morgan fingerprint density at radius 1 is 0.359 bits per heavy atom. The van der Waals surface area contributed by atoms with Gasteiger partial charge in [0.05, 0.1) is 0 Å². The van der Waals surface area contributed by atoms with Gasteiger partial charge in [0.1, 0.15) is 0 Å². The summed E-state index contributed by atoms with van der Waals surface area (Å²) in [6.45, 7) is 12.3. The average molecular weight is 579 g/mol. The Hall–Kier alpha value is -0.560. The number of hydrogen-bond acceptors (Lipinski definition) is 0. The SMILES string of the molecule is CC1CCC(C)C(F)(F)C1.CC1CCC(C)C(F)(F)C1.CC1CCC(C)C(F)(F)C1.CC1CCCCC1(F)F. The smallest absolute Gasteiger partial charge is 0.207 e. The zero-order valence-corrected chi connectivity index (χ0v) is 25.3. The van der Waals surface area contributed by atoms with Crippen molar-refractivity contribution in [2.75, 3.05) is 0 Å². The molecule has 0 aromatic heterocycles. The fourth-order valence-corrected chi connectivity index (χ4v) is 5.81. The molecular formula is C31H54F8. The predicted molar refractivity (Wildman–Crippen MR) is 144 cm³/mol. The minimum Gasteiger partial charge on any atom is -0.207 e. The lowest BCUT2D eigenvalue weighted by molar-refractivity contribution is -0.0931. The standard InChI is InChI=1S/3C8H14F2.C7H12F2/c3*1-6-3-4-7(2)8(9,10)5-6;1-6-4-2-3-5-7(6,8)9/h3*6-7H,3-5H2,1-2H3;6H,2-5H2,1H3. The second kappa shape index (κ2) is 15.1. The molecule has 234 valence electrons. The van der Waals surface area contributed by atoms with E-state index >= 15 is 0 Å². The van der Waals surface area contributed by atoms with Crippen molar-refractivity contribution in [1.29, 1.82) is 0 Å². The third kappa shape index (κ3) is 12.5. The Bertz CT molecular complexity index is 621. The van der Waals surface area contributed by atoms with E-state index in [2.05, 4.69) is 0 Å². The highest BCUT2D eigenvalue weighted by atomic mass is 19.3. The maximum atomic E-state index is 12.8. The predicted octanol–water partition coefficient (Wildman–Crippen LogP) is 12.1. The Kier molecular flexibility index (Phi) is 14.1. The van der Waals surface area contributed by atoms with Gasteiger partial charge in [-0.25, -0.2) is 35.1 Å². The normalized spacial score (nSPS) is 38.4. The first kappa shape index (κ1) is 36.5. The summed E-state index contributed by atoms with van der Waals surface area (Å²) in [7, 11) is 0. The summed E-state index contributed by atoms with van der Waals surface area (Å²) in [5, 5.41) is 0. The van der Waals surface area contributed by atoms with E-state index in [1.807, 2.05) is 20.8 Å². The van der Waals surface area contributed by atoms with Gasteiger partial charge < -0.3 is 0 Å². The van der Waals surface area contributed by atoms with Crippen LogP contribution >= 0.6 is 0 Å². The molecule has 0 N–H and O–H groups in total. The van der Waals surface area contributed by atoms with Crippen LogP contribution in [0.4, 0.5) is 35.1 Å². The molecule has 8 heteroatoms. The van der Waals surface area contributed by atoms with Crippen LogP contribution in [0, 0.1) is 41.4 Å². The maximum Gasteiger partial charge on any atom is 0.250 e. The van der Waals surface area contributed by atoms with Crippen molar-refractivity contribution in [2.24, 2.45) is 41.4 Å². The number of hydrogen-bond donors (Lipinski definition) is 0. The molecule has 0 aliphatic heterocycles. The summed E-state index contributed by atoms with van der Waals surface area (Å²) in [4.78, 5) is 0. The molecule has 4 fully saturated rings. The summed E-state index contributed by atoms with van der Waals surface area (Å²) >= 11 is 0. The van der Waals surface area contributed by atoms with Crippen LogP contribution in [-0.4, -0.2) is 23.7 Å². The van der Waals surface area contributed by atoms with E-state index in [1.54, 1.807) is 27.7 Å². The first-order chi connectivity index (χ1) is 17.7. The van der Waals surface area contributed by atoms with Gasteiger partial charge >= 0.3 is 0 Å². The molecule has 4 aliphatic rings. The van der Waals surface area contributed by atoms with E-state index in [4.69, 9.17) is 0 Å². The van der Waals surface area contributed by atoms with E-state index in [0.717, 1.165) is 25.7 Å². The Balaban J connectivity index is 0.000000260. The molecule has 7 unspecified atom stereocenters. The Labute approximate surface area is 232 Å². The Morgan fingerprint density at radius 3 is 0.821 bits per heavy atom. The quantitative estimate of drug-likeness (QED) is 0.251. The van der Waals surface area contributed by atoms with Gasteiger partial charge in [-0.1, -0.05) is 74.1 Å². The van der Waals surface area contributed by atoms with Crippen molar-refractivity contribution in [3.05, 3.63) is 0 Å². The lowest BCUT2D eigenvalue weighted by Gasteiger charge is -2.32. The van der Waals surface area contributed by atoms with E-state index in [1.165, 1.54) is 0 Å². The van der Waals surface area contributed by atoms with E-state index in [-0.39, 0.29) is 49.4 Å². The molecule has 0 spiro atoms. The fourth-order valence-electron chi connectivity index (χ4n) is 5.81. The average Bonchev–Trinajstić information content (AvgIpc) is 2.79. The summed E-state index contributed by atoms with van der Waals surface area (Å²) in [5.74, 6) is -10.5. The third-order valence-corrected chi connectivity index (χ3v) is 9.42. The summed E-state index contributed by atoms with van der Waals surface area (Å²) in [5.41, 5.74) is 0. The highest BCUT2D eigenvalue weighted by molar-refractivity contribution is 4.83. The van der Waals surface area contributed by atoms with Crippen LogP contribution in [0.2, 0.25) is 0 Å². The van der Waals surface area contributed by atoms with Gasteiger partial charge in [-0.3, -0.25) is 0 Å². The molecule has 39 heavy (non-hydrogen) atoms. The Morgan fingerprint density at radius 2 is 0.641 bits per heavy atom. The monoisotopic (exact) mass is 578 g/mol. The second-order valence-corrected chi connectivity index (χ2v) is 13.6. The van der Waals surface area contributed by atoms with Crippen LogP contribution in [-0.2, 0) is 0 Å². The van der Waals surface area contributed by atoms with Gasteiger partial charge in [-0.15, -0.1) is 0 Å². The first-order valence-electron chi connectivity index (χ1n) is 15.2. The van der Waals surface area contributed by atoms with Crippen molar-refractivity contribution in [1.82, 2.24) is 0 Å². The molecule has 7 atom stereocenters. The summed E-state index contributed by atoms with van der Waals surface area (Å²) < 4.78 is 102. The highest BCUT2D eigenvalue weighted by Crippen LogP contribution is 2.42. The summed E-state index contributed by atoms with van der Waals surface area (Å²) in [6, 6.07) is 0. The largest absolute Gasteiger partial charge is 0.250 e. The first-order valence-corrected chi connectivity index (χ1v) is 15.2. The van der Waals surface area contributed by atoms with Gasteiger partial charge in [0, 0.05) is 49.4 Å². The molecule has 0 bridgehead atoms. The topological polar surface area (TPSA) is 0 Å². The zero-order valence-electron chi connectivity index (χ0n) is 25.3. The second-order valence-electron chi connectivity index (χ2n) is 13.6. The van der Waals surface area contributed by atoms with E-state index in [9.17, 15) is 35.1 Å². The molecule has 4 aliphatic carbocycles. The van der Waals surface area contributed by atoms with Gasteiger partial charge in [0.15, 0.2) is 0 Å². The molecule has 0 aromatic rings. The summed E-state index contributed by atoms with van der Waals surface area (Å²) in [6.07, 6.45) is 7.74. The van der Waals surface area contributed by atoms with Gasteiger partial charge in [-0.05, 0) is 49.9 Å². The van der Waals surface area contributed by atoms with Crippen molar-refractivity contribution in [3.8, 4) is 0 Å². The van der Waals surface area contributed by atoms with Crippen molar-refractivity contribution in [2.45, 2.75) is 156 Å². The number of halogens is 8. The number of alkyl halides is 8. The number of rotatable bonds is 0. The van der Waals surface area contributed by atoms with Gasteiger partial charge in [-0.2, -0.15) is 0 Å². The van der Waals surface area contributed by atoms with E-state index in [0.29, 0.717) is 32.1 Å². The molecular weight excluding hydrogens is 524 g/mol. The fraction of sp³-hybridized carbons (Fsp3) is 1.00. The molecule has 4 rings (SSSR count). The molecule has 0 radical (unpaired) electrons. The van der Waals surface area contributed by atoms with Crippen molar-refractivity contribution in [3.63, 3.8) is 0 Å². The highest BCUT2D eigenvalue weighted by Gasteiger charge is 2.42. The van der Waals surface area contributed by atoms with E-state index < -0.39 is 41.4 Å². The molecule has 0 amide bonds. The molecule has 0 nitrogen and oxygen atoms in total. The van der Waals surface area contributed by atoms with Crippen LogP contribution in [0.5, 0.6) is 0 Å².